The van der Waals surface area contributed by atoms with E-state index in [1.807, 2.05) is 26.0 Å². The maximum atomic E-state index is 12.1. The predicted molar refractivity (Wildman–Crippen MR) is 70.9 cm³/mol. The first kappa shape index (κ1) is 12.8. The molecule has 0 fully saturated rings. The van der Waals surface area contributed by atoms with Crippen LogP contribution in [0.1, 0.15) is 36.2 Å². The molecule has 1 heterocycles. The molecular weight excluding hydrogens is 228 g/mol. The number of anilines is 1. The lowest BCUT2D eigenvalue weighted by atomic mass is 9.97. The number of benzene rings is 1. The number of carbonyl (C=O) groups excluding carboxylic acids is 2. The van der Waals surface area contributed by atoms with Crippen molar-refractivity contribution in [1.29, 1.82) is 0 Å². The number of carbonyl (C=O) groups is 2. The summed E-state index contributed by atoms with van der Waals surface area (Å²) in [4.78, 5) is 23.4. The molecule has 4 heteroatoms. The van der Waals surface area contributed by atoms with Gasteiger partial charge in [-0.2, -0.15) is 0 Å². The maximum Gasteiger partial charge on any atom is 0.224 e. The summed E-state index contributed by atoms with van der Waals surface area (Å²) in [5.74, 6) is 0.138. The minimum absolute atomic E-state index is 0.0441. The van der Waals surface area contributed by atoms with Gasteiger partial charge in [0, 0.05) is 17.7 Å². The van der Waals surface area contributed by atoms with E-state index in [1.54, 1.807) is 6.07 Å². The van der Waals surface area contributed by atoms with Crippen LogP contribution in [0.3, 0.4) is 0 Å². The minimum Gasteiger partial charge on any atom is -0.326 e. The number of aryl methyl sites for hydroxylation is 1. The van der Waals surface area contributed by atoms with Crippen LogP contribution in [0.25, 0.3) is 0 Å². The summed E-state index contributed by atoms with van der Waals surface area (Å²) < 4.78 is 0. The van der Waals surface area contributed by atoms with Crippen LogP contribution in [-0.4, -0.2) is 24.3 Å². The standard InChI is InChI=1S/C14H18N2O2/c1-3-15-9(2)14(18)11-4-6-12-10(8-11)5-7-13(17)16-12/h4,6,8-9,15H,3,5,7H2,1-2H3,(H,16,17). The van der Waals surface area contributed by atoms with Gasteiger partial charge in [-0.1, -0.05) is 6.92 Å². The molecule has 2 N–H and O–H groups in total. The highest BCUT2D eigenvalue weighted by molar-refractivity contribution is 6.01. The number of likely N-dealkylation sites (N-methyl/N-ethyl adjacent to an activating group) is 1. The fourth-order valence-corrected chi connectivity index (χ4v) is 2.19. The Hall–Kier alpha value is -1.68. The van der Waals surface area contributed by atoms with Crippen molar-refractivity contribution in [2.24, 2.45) is 0 Å². The van der Waals surface area contributed by atoms with Gasteiger partial charge in [-0.25, -0.2) is 0 Å². The van der Waals surface area contributed by atoms with Crippen LogP contribution >= 0.6 is 0 Å². The fraction of sp³-hybridized carbons (Fsp3) is 0.429. The molecule has 1 atom stereocenters. The van der Waals surface area contributed by atoms with Gasteiger partial charge < -0.3 is 10.6 Å². The van der Waals surface area contributed by atoms with Crippen molar-refractivity contribution in [3.63, 3.8) is 0 Å². The Bertz CT molecular complexity index is 483. The highest BCUT2D eigenvalue weighted by Gasteiger charge is 2.18. The minimum atomic E-state index is -0.175. The van der Waals surface area contributed by atoms with Crippen molar-refractivity contribution in [3.05, 3.63) is 29.3 Å². The molecule has 0 spiro atoms. The third-order valence-electron chi connectivity index (χ3n) is 3.19. The van der Waals surface area contributed by atoms with Crippen molar-refractivity contribution in [2.45, 2.75) is 32.7 Å². The molecule has 0 saturated heterocycles. The van der Waals surface area contributed by atoms with Crippen LogP contribution in [0, 0.1) is 0 Å². The van der Waals surface area contributed by atoms with Gasteiger partial charge in [-0.05, 0) is 43.7 Å². The normalized spacial score (nSPS) is 15.8. The quantitative estimate of drug-likeness (QED) is 0.796. The summed E-state index contributed by atoms with van der Waals surface area (Å²) >= 11 is 0. The number of Topliss-reactive ketones (excluding diaryl/α,β-unsaturated/α-hetero) is 1. The Morgan fingerprint density at radius 2 is 2.22 bits per heavy atom. The molecule has 0 bridgehead atoms. The van der Waals surface area contributed by atoms with Crippen LogP contribution in [0.15, 0.2) is 18.2 Å². The number of fused-ring (bicyclic) bond motifs is 1. The van der Waals surface area contributed by atoms with Crippen molar-refractivity contribution < 1.29 is 9.59 Å². The van der Waals surface area contributed by atoms with Gasteiger partial charge in [-0.15, -0.1) is 0 Å². The molecule has 1 aromatic carbocycles. The largest absolute Gasteiger partial charge is 0.326 e. The molecule has 0 saturated carbocycles. The maximum absolute atomic E-state index is 12.1. The summed E-state index contributed by atoms with van der Waals surface area (Å²) in [7, 11) is 0. The van der Waals surface area contributed by atoms with Crippen LogP contribution in [0.4, 0.5) is 5.69 Å². The summed E-state index contributed by atoms with van der Waals surface area (Å²) in [6.45, 7) is 4.62. The Morgan fingerprint density at radius 3 is 2.94 bits per heavy atom. The van der Waals surface area contributed by atoms with E-state index in [0.717, 1.165) is 17.8 Å². The van der Waals surface area contributed by atoms with Gasteiger partial charge in [0.25, 0.3) is 0 Å². The molecular formula is C14H18N2O2. The van der Waals surface area contributed by atoms with Crippen LogP contribution < -0.4 is 10.6 Å². The van der Waals surface area contributed by atoms with Crippen LogP contribution in [0.5, 0.6) is 0 Å². The second-order valence-electron chi connectivity index (χ2n) is 4.56. The van der Waals surface area contributed by atoms with Crippen LogP contribution in [-0.2, 0) is 11.2 Å². The van der Waals surface area contributed by atoms with Gasteiger partial charge in [0.15, 0.2) is 5.78 Å². The Morgan fingerprint density at radius 1 is 1.44 bits per heavy atom. The molecule has 4 nitrogen and oxygen atoms in total. The van der Waals surface area contributed by atoms with Crippen LogP contribution in [0.2, 0.25) is 0 Å². The SMILES string of the molecule is CCNC(C)C(=O)c1ccc2c(c1)CCC(=O)N2. The fourth-order valence-electron chi connectivity index (χ4n) is 2.19. The molecule has 18 heavy (non-hydrogen) atoms. The molecule has 1 aliphatic rings. The van der Waals surface area contributed by atoms with E-state index in [2.05, 4.69) is 10.6 Å². The molecule has 2 rings (SSSR count). The topological polar surface area (TPSA) is 58.2 Å². The summed E-state index contributed by atoms with van der Waals surface area (Å²) in [6.07, 6.45) is 1.20. The van der Waals surface area contributed by atoms with Crippen molar-refractivity contribution >= 4 is 17.4 Å². The number of amides is 1. The first-order valence-electron chi connectivity index (χ1n) is 6.32. The van der Waals surface area contributed by atoms with Crippen molar-refractivity contribution in [1.82, 2.24) is 5.32 Å². The van der Waals surface area contributed by atoms with Crippen molar-refractivity contribution in [2.75, 3.05) is 11.9 Å². The summed E-state index contributed by atoms with van der Waals surface area (Å²) in [5, 5.41) is 5.93. The second-order valence-corrected chi connectivity index (χ2v) is 4.56. The molecule has 1 aliphatic heterocycles. The van der Waals surface area contributed by atoms with Gasteiger partial charge in [0.2, 0.25) is 5.91 Å². The lowest BCUT2D eigenvalue weighted by molar-refractivity contribution is -0.116. The zero-order valence-corrected chi connectivity index (χ0v) is 10.7. The lowest BCUT2D eigenvalue weighted by Gasteiger charge is -2.18. The van der Waals surface area contributed by atoms with E-state index in [9.17, 15) is 9.59 Å². The van der Waals surface area contributed by atoms with E-state index in [1.165, 1.54) is 0 Å². The Labute approximate surface area is 107 Å². The van der Waals surface area contributed by atoms with E-state index < -0.39 is 0 Å². The Balaban J connectivity index is 2.21. The van der Waals surface area contributed by atoms with Gasteiger partial charge >= 0.3 is 0 Å². The number of rotatable bonds is 4. The zero-order chi connectivity index (χ0) is 13.1. The number of ketones is 1. The zero-order valence-electron chi connectivity index (χ0n) is 10.7. The average Bonchev–Trinajstić information content (AvgIpc) is 2.37. The molecule has 1 amide bonds. The van der Waals surface area contributed by atoms with E-state index >= 15 is 0 Å². The van der Waals surface area contributed by atoms with E-state index in [0.29, 0.717) is 18.4 Å². The van der Waals surface area contributed by atoms with Gasteiger partial charge in [0.05, 0.1) is 6.04 Å². The van der Waals surface area contributed by atoms with E-state index in [4.69, 9.17) is 0 Å². The first-order valence-corrected chi connectivity index (χ1v) is 6.32. The smallest absolute Gasteiger partial charge is 0.224 e. The average molecular weight is 246 g/mol. The highest BCUT2D eigenvalue weighted by atomic mass is 16.1. The molecule has 0 radical (unpaired) electrons. The number of hydrogen-bond acceptors (Lipinski definition) is 3. The number of nitrogens with one attached hydrogen (secondary N) is 2. The van der Waals surface area contributed by atoms with Gasteiger partial charge in [-0.3, -0.25) is 9.59 Å². The summed E-state index contributed by atoms with van der Waals surface area (Å²) in [6, 6.07) is 5.32. The first-order chi connectivity index (χ1) is 8.61. The highest BCUT2D eigenvalue weighted by Crippen LogP contribution is 2.24. The van der Waals surface area contributed by atoms with Crippen molar-refractivity contribution in [3.8, 4) is 0 Å². The van der Waals surface area contributed by atoms with E-state index in [-0.39, 0.29) is 17.7 Å². The molecule has 0 aliphatic carbocycles. The lowest BCUT2D eigenvalue weighted by Crippen LogP contribution is -2.33. The molecule has 0 aromatic heterocycles. The third kappa shape index (κ3) is 2.59. The molecule has 1 aromatic rings. The third-order valence-corrected chi connectivity index (χ3v) is 3.19. The molecule has 96 valence electrons. The monoisotopic (exact) mass is 246 g/mol. The molecule has 1 unspecified atom stereocenters. The number of hydrogen-bond donors (Lipinski definition) is 2. The summed E-state index contributed by atoms with van der Waals surface area (Å²) in [5.41, 5.74) is 2.58. The van der Waals surface area contributed by atoms with Gasteiger partial charge in [0.1, 0.15) is 0 Å². The Kier molecular flexibility index (Phi) is 3.77. The predicted octanol–water partition coefficient (Wildman–Crippen LogP) is 1.75. The second kappa shape index (κ2) is 5.31.